The van der Waals surface area contributed by atoms with Crippen LogP contribution in [0.1, 0.15) is 36.9 Å². The third kappa shape index (κ3) is 4.30. The molecule has 0 N–H and O–H groups in total. The number of piperidine rings is 1. The molecule has 5 heterocycles. The van der Waals surface area contributed by atoms with Gasteiger partial charge in [0.25, 0.3) is 5.89 Å². The fourth-order valence-corrected chi connectivity index (χ4v) is 4.92. The SMILES string of the molecule is CN1CCC(n2c(=O)n(Cc3ccc(-c4nnc(C(F)F)o4)cn3)c3cc(F)c(-c4ccco4)cc32)CC1. The second-order valence-electron chi connectivity index (χ2n) is 9.36. The molecule has 0 saturated carbocycles. The van der Waals surface area contributed by atoms with Crippen LogP contribution in [0.15, 0.2) is 62.5 Å². The minimum Gasteiger partial charge on any atom is -0.464 e. The summed E-state index contributed by atoms with van der Waals surface area (Å²) in [5.41, 5.74) is 1.98. The molecular formula is C26H23F3N6O3. The Morgan fingerprint density at radius 2 is 1.92 bits per heavy atom. The number of nitrogens with zero attached hydrogens (tertiary/aromatic N) is 6. The average molecular weight is 525 g/mol. The van der Waals surface area contributed by atoms with Gasteiger partial charge in [-0.15, -0.1) is 10.2 Å². The van der Waals surface area contributed by atoms with Crippen LogP contribution in [0.25, 0.3) is 33.8 Å². The van der Waals surface area contributed by atoms with E-state index in [2.05, 4.69) is 20.1 Å². The van der Waals surface area contributed by atoms with Crippen LogP contribution in [0, 0.1) is 5.82 Å². The topological polar surface area (TPSA) is 95.1 Å². The Hall–Kier alpha value is -4.19. The normalized spacial score (nSPS) is 15.2. The van der Waals surface area contributed by atoms with Gasteiger partial charge in [-0.05, 0) is 63.3 Å². The molecule has 1 aliphatic heterocycles. The van der Waals surface area contributed by atoms with Crippen molar-refractivity contribution in [3.8, 4) is 22.8 Å². The van der Waals surface area contributed by atoms with Crippen molar-refractivity contribution in [3.05, 3.63) is 76.7 Å². The number of benzene rings is 1. The first-order chi connectivity index (χ1) is 18.4. The van der Waals surface area contributed by atoms with E-state index in [1.165, 1.54) is 23.1 Å². The zero-order chi connectivity index (χ0) is 26.4. The molecule has 1 fully saturated rings. The lowest BCUT2D eigenvalue weighted by atomic mass is 10.0. The number of hydrogen-bond donors (Lipinski definition) is 0. The summed E-state index contributed by atoms with van der Waals surface area (Å²) >= 11 is 0. The smallest absolute Gasteiger partial charge is 0.329 e. The van der Waals surface area contributed by atoms with E-state index in [-0.39, 0.29) is 29.7 Å². The molecule has 38 heavy (non-hydrogen) atoms. The Morgan fingerprint density at radius 3 is 2.58 bits per heavy atom. The number of furan rings is 1. The molecule has 1 aromatic carbocycles. The number of alkyl halides is 2. The van der Waals surface area contributed by atoms with Crippen LogP contribution in [0.3, 0.4) is 0 Å². The van der Waals surface area contributed by atoms with Crippen LogP contribution in [-0.2, 0) is 6.54 Å². The zero-order valence-electron chi connectivity index (χ0n) is 20.4. The predicted octanol–water partition coefficient (Wildman–Crippen LogP) is 4.90. The number of imidazole rings is 1. The molecule has 1 aliphatic rings. The molecule has 0 atom stereocenters. The molecular weight excluding hydrogens is 501 g/mol. The first kappa shape index (κ1) is 24.2. The summed E-state index contributed by atoms with van der Waals surface area (Å²) in [7, 11) is 2.05. The monoisotopic (exact) mass is 524 g/mol. The lowest BCUT2D eigenvalue weighted by Gasteiger charge is -2.29. The largest absolute Gasteiger partial charge is 0.464 e. The van der Waals surface area contributed by atoms with Crippen LogP contribution in [0.5, 0.6) is 0 Å². The minimum atomic E-state index is -2.87. The van der Waals surface area contributed by atoms with Crippen molar-refractivity contribution < 1.29 is 22.0 Å². The molecule has 12 heteroatoms. The highest BCUT2D eigenvalue weighted by atomic mass is 19.3. The summed E-state index contributed by atoms with van der Waals surface area (Å²) < 4.78 is 54.5. The van der Waals surface area contributed by atoms with Gasteiger partial charge in [-0.2, -0.15) is 8.78 Å². The number of aromatic nitrogens is 5. The fraction of sp³-hybridized carbons (Fsp3) is 0.308. The highest BCUT2D eigenvalue weighted by molar-refractivity contribution is 5.82. The molecule has 0 bridgehead atoms. The third-order valence-electron chi connectivity index (χ3n) is 6.91. The van der Waals surface area contributed by atoms with Gasteiger partial charge in [0.15, 0.2) is 0 Å². The molecule has 9 nitrogen and oxygen atoms in total. The van der Waals surface area contributed by atoms with Crippen LogP contribution in [0.4, 0.5) is 13.2 Å². The van der Waals surface area contributed by atoms with Crippen LogP contribution in [-0.4, -0.2) is 49.4 Å². The summed E-state index contributed by atoms with van der Waals surface area (Å²) in [4.78, 5) is 20.4. The summed E-state index contributed by atoms with van der Waals surface area (Å²) in [5.74, 6) is -0.972. The van der Waals surface area contributed by atoms with Crippen molar-refractivity contribution in [2.24, 2.45) is 0 Å². The molecule has 196 valence electrons. The average Bonchev–Trinajstić information content (AvgIpc) is 3.66. The van der Waals surface area contributed by atoms with Crippen LogP contribution >= 0.6 is 0 Å². The summed E-state index contributed by atoms with van der Waals surface area (Å²) in [5, 5.41) is 6.95. The number of pyridine rings is 1. The zero-order valence-corrected chi connectivity index (χ0v) is 20.4. The third-order valence-corrected chi connectivity index (χ3v) is 6.91. The van der Waals surface area contributed by atoms with E-state index in [9.17, 15) is 13.6 Å². The maximum atomic E-state index is 15.3. The van der Waals surface area contributed by atoms with E-state index in [0.29, 0.717) is 28.1 Å². The van der Waals surface area contributed by atoms with E-state index in [0.717, 1.165) is 25.9 Å². The van der Waals surface area contributed by atoms with Gasteiger partial charge in [-0.1, -0.05) is 0 Å². The minimum absolute atomic E-state index is 0.0331. The lowest BCUT2D eigenvalue weighted by Crippen LogP contribution is -2.36. The second-order valence-corrected chi connectivity index (χ2v) is 9.36. The fourth-order valence-electron chi connectivity index (χ4n) is 4.92. The Labute approximate surface area is 214 Å². The number of fused-ring (bicyclic) bond motifs is 1. The summed E-state index contributed by atoms with van der Waals surface area (Å²) in [6.07, 6.45) is 1.61. The molecule has 6 rings (SSSR count). The van der Waals surface area contributed by atoms with Gasteiger partial charge in [0.2, 0.25) is 5.89 Å². The van der Waals surface area contributed by atoms with E-state index in [1.807, 2.05) is 7.05 Å². The van der Waals surface area contributed by atoms with Gasteiger partial charge >= 0.3 is 12.1 Å². The summed E-state index contributed by atoms with van der Waals surface area (Å²) in [6, 6.07) is 9.60. The van der Waals surface area contributed by atoms with Gasteiger partial charge in [0, 0.05) is 18.3 Å². The Morgan fingerprint density at radius 1 is 1.11 bits per heavy atom. The van der Waals surface area contributed by atoms with Gasteiger partial charge < -0.3 is 13.7 Å². The molecule has 0 spiro atoms. The van der Waals surface area contributed by atoms with E-state index in [1.54, 1.807) is 34.9 Å². The highest BCUT2D eigenvalue weighted by Crippen LogP contribution is 2.32. The lowest BCUT2D eigenvalue weighted by molar-refractivity contribution is 0.116. The quantitative estimate of drug-likeness (QED) is 0.312. The maximum absolute atomic E-state index is 15.3. The van der Waals surface area contributed by atoms with Crippen molar-refractivity contribution in [1.29, 1.82) is 0 Å². The first-order valence-electron chi connectivity index (χ1n) is 12.1. The van der Waals surface area contributed by atoms with E-state index < -0.39 is 18.1 Å². The number of rotatable bonds is 6. The Bertz CT molecular complexity index is 1630. The Kier molecular flexibility index (Phi) is 6.10. The Balaban J connectivity index is 1.40. The van der Waals surface area contributed by atoms with Crippen molar-refractivity contribution in [3.63, 3.8) is 0 Å². The van der Waals surface area contributed by atoms with Crippen molar-refractivity contribution >= 4 is 11.0 Å². The van der Waals surface area contributed by atoms with Crippen LogP contribution < -0.4 is 5.69 Å². The second kappa shape index (κ2) is 9.60. The van der Waals surface area contributed by atoms with Crippen LogP contribution in [0.2, 0.25) is 0 Å². The number of hydrogen-bond acceptors (Lipinski definition) is 7. The van der Waals surface area contributed by atoms with Gasteiger partial charge in [0.1, 0.15) is 11.6 Å². The molecule has 5 aromatic rings. The molecule has 1 saturated heterocycles. The predicted molar refractivity (Wildman–Crippen MR) is 131 cm³/mol. The molecule has 0 amide bonds. The number of halogens is 3. The first-order valence-corrected chi connectivity index (χ1v) is 12.1. The molecule has 0 aliphatic carbocycles. The highest BCUT2D eigenvalue weighted by Gasteiger charge is 2.26. The standard InChI is InChI=1S/C26H23F3N6O3/c1-33-8-6-17(7-9-33)35-21-11-18(22-3-2-10-37-22)19(27)12-20(21)34(26(35)36)14-16-5-4-15(13-30-16)24-31-32-25(38-24)23(28)29/h2-5,10-13,17,23H,6-9,14H2,1H3. The number of likely N-dealkylation sites (tertiary alicyclic amines) is 1. The van der Waals surface area contributed by atoms with Gasteiger partial charge in [0.05, 0.1) is 40.7 Å². The maximum Gasteiger partial charge on any atom is 0.329 e. The van der Waals surface area contributed by atoms with Gasteiger partial charge in [-0.3, -0.25) is 14.1 Å². The van der Waals surface area contributed by atoms with E-state index in [4.69, 9.17) is 8.83 Å². The molecule has 0 unspecified atom stereocenters. The van der Waals surface area contributed by atoms with E-state index >= 15 is 4.39 Å². The van der Waals surface area contributed by atoms with Crippen molar-refractivity contribution in [2.75, 3.05) is 20.1 Å². The molecule has 0 radical (unpaired) electrons. The van der Waals surface area contributed by atoms with Crippen molar-refractivity contribution in [1.82, 2.24) is 29.2 Å². The summed E-state index contributed by atoms with van der Waals surface area (Å²) in [6.45, 7) is 1.78. The van der Waals surface area contributed by atoms with Crippen molar-refractivity contribution in [2.45, 2.75) is 31.9 Å². The molecule has 4 aromatic heterocycles. The van der Waals surface area contributed by atoms with Gasteiger partial charge in [-0.25, -0.2) is 9.18 Å².